The van der Waals surface area contributed by atoms with Gasteiger partial charge in [0, 0.05) is 30.2 Å². The van der Waals surface area contributed by atoms with Gasteiger partial charge in [-0.05, 0) is 43.2 Å². The predicted molar refractivity (Wildman–Crippen MR) is 102 cm³/mol. The lowest BCUT2D eigenvalue weighted by atomic mass is 10.1. The van der Waals surface area contributed by atoms with E-state index in [9.17, 15) is 9.59 Å². The summed E-state index contributed by atoms with van der Waals surface area (Å²) < 4.78 is 6.08. The first-order valence-electron chi connectivity index (χ1n) is 8.69. The van der Waals surface area contributed by atoms with Crippen molar-refractivity contribution in [2.75, 3.05) is 11.4 Å². The van der Waals surface area contributed by atoms with Gasteiger partial charge in [-0.3, -0.25) is 14.6 Å². The second-order valence-electron chi connectivity index (χ2n) is 6.73. The monoisotopic (exact) mass is 344 g/mol. The lowest BCUT2D eigenvalue weighted by Crippen LogP contribution is -2.24. The molecule has 1 aliphatic heterocycles. The molecule has 3 heterocycles. The molecule has 5 rings (SSSR count). The van der Waals surface area contributed by atoms with Crippen LogP contribution in [0.2, 0.25) is 0 Å². The standard InChI is InChI=1S/C21H16N2O3/c1-12-9-16-14(10-17(12)23-8-4-7-19(23)24)21-15(11-22-16)20(25)13-5-2-3-6-18(13)26-21/h2-3,5-6,9-11H,4,7-8H2,1H3. The Labute approximate surface area is 148 Å². The van der Waals surface area contributed by atoms with Gasteiger partial charge >= 0.3 is 0 Å². The molecule has 5 heteroatoms. The van der Waals surface area contributed by atoms with Crippen LogP contribution in [0.15, 0.2) is 51.8 Å². The molecule has 1 amide bonds. The van der Waals surface area contributed by atoms with Crippen molar-refractivity contribution in [3.8, 4) is 0 Å². The number of carbonyl (C=O) groups is 1. The van der Waals surface area contributed by atoms with Gasteiger partial charge in [0.05, 0.1) is 16.3 Å². The van der Waals surface area contributed by atoms with E-state index >= 15 is 0 Å². The van der Waals surface area contributed by atoms with Crippen molar-refractivity contribution in [2.45, 2.75) is 19.8 Å². The molecule has 5 nitrogen and oxygen atoms in total. The van der Waals surface area contributed by atoms with Crippen LogP contribution in [0.4, 0.5) is 5.69 Å². The van der Waals surface area contributed by atoms with E-state index in [2.05, 4.69) is 4.98 Å². The number of aromatic nitrogens is 1. The molecule has 1 saturated heterocycles. The smallest absolute Gasteiger partial charge is 0.227 e. The number of aryl methyl sites for hydroxylation is 1. The van der Waals surface area contributed by atoms with E-state index in [-0.39, 0.29) is 11.3 Å². The zero-order chi connectivity index (χ0) is 17.8. The number of pyridine rings is 1. The number of rotatable bonds is 1. The molecule has 0 aliphatic carbocycles. The fourth-order valence-corrected chi connectivity index (χ4v) is 3.77. The van der Waals surface area contributed by atoms with Gasteiger partial charge in [-0.2, -0.15) is 0 Å². The average molecular weight is 344 g/mol. The highest BCUT2D eigenvalue weighted by Crippen LogP contribution is 2.32. The minimum absolute atomic E-state index is 0.0874. The minimum Gasteiger partial charge on any atom is -0.455 e. The highest BCUT2D eigenvalue weighted by Gasteiger charge is 2.24. The average Bonchev–Trinajstić information content (AvgIpc) is 3.07. The van der Waals surface area contributed by atoms with Gasteiger partial charge in [-0.15, -0.1) is 0 Å². The molecule has 0 atom stereocenters. The number of hydrogen-bond acceptors (Lipinski definition) is 4. The molecule has 128 valence electrons. The van der Waals surface area contributed by atoms with E-state index < -0.39 is 0 Å². The van der Waals surface area contributed by atoms with Crippen molar-refractivity contribution in [2.24, 2.45) is 0 Å². The van der Waals surface area contributed by atoms with Crippen LogP contribution in [0.25, 0.3) is 32.8 Å². The number of fused-ring (bicyclic) bond motifs is 4. The van der Waals surface area contributed by atoms with Gasteiger partial charge in [-0.25, -0.2) is 0 Å². The molecule has 2 aromatic heterocycles. The second kappa shape index (κ2) is 5.39. The quantitative estimate of drug-likeness (QED) is 0.388. The Balaban J connectivity index is 1.89. The minimum atomic E-state index is -0.0874. The number of amides is 1. The molecule has 26 heavy (non-hydrogen) atoms. The van der Waals surface area contributed by atoms with Gasteiger partial charge in [-0.1, -0.05) is 12.1 Å². The normalized spacial score (nSPS) is 14.8. The molecular formula is C21H16N2O3. The van der Waals surface area contributed by atoms with E-state index in [1.54, 1.807) is 18.3 Å². The highest BCUT2D eigenvalue weighted by atomic mass is 16.3. The van der Waals surface area contributed by atoms with Crippen molar-refractivity contribution in [3.05, 3.63) is 58.4 Å². The zero-order valence-corrected chi connectivity index (χ0v) is 14.3. The molecule has 2 aromatic carbocycles. The third-order valence-electron chi connectivity index (χ3n) is 5.09. The summed E-state index contributed by atoms with van der Waals surface area (Å²) in [5.41, 5.74) is 3.59. The van der Waals surface area contributed by atoms with Crippen LogP contribution in [-0.4, -0.2) is 17.4 Å². The molecule has 0 bridgehead atoms. The number of hydrogen-bond donors (Lipinski definition) is 0. The number of benzene rings is 2. The maximum atomic E-state index is 12.8. The van der Waals surface area contributed by atoms with E-state index in [0.717, 1.165) is 35.1 Å². The summed E-state index contributed by atoms with van der Waals surface area (Å²) in [7, 11) is 0. The van der Waals surface area contributed by atoms with Gasteiger partial charge in [0.15, 0.2) is 0 Å². The Morgan fingerprint density at radius 3 is 2.73 bits per heavy atom. The fraction of sp³-hybridized carbons (Fsp3) is 0.190. The first-order valence-corrected chi connectivity index (χ1v) is 8.69. The van der Waals surface area contributed by atoms with Crippen LogP contribution in [0, 0.1) is 6.92 Å². The molecule has 4 aromatic rings. The van der Waals surface area contributed by atoms with Crippen LogP contribution in [-0.2, 0) is 4.79 Å². The van der Waals surface area contributed by atoms with Crippen LogP contribution in [0.5, 0.6) is 0 Å². The lowest BCUT2D eigenvalue weighted by molar-refractivity contribution is -0.117. The molecule has 0 saturated carbocycles. The lowest BCUT2D eigenvalue weighted by Gasteiger charge is -2.19. The number of nitrogens with zero attached hydrogens (tertiary/aromatic N) is 2. The van der Waals surface area contributed by atoms with Gasteiger partial charge in [0.25, 0.3) is 0 Å². The van der Waals surface area contributed by atoms with Crippen molar-refractivity contribution < 1.29 is 9.21 Å². The van der Waals surface area contributed by atoms with E-state index in [1.807, 2.05) is 36.1 Å². The summed E-state index contributed by atoms with van der Waals surface area (Å²) in [6, 6.07) is 11.1. The third kappa shape index (κ3) is 2.07. The maximum absolute atomic E-state index is 12.8. The first-order chi connectivity index (χ1) is 12.6. The van der Waals surface area contributed by atoms with Crippen LogP contribution < -0.4 is 10.3 Å². The van der Waals surface area contributed by atoms with Crippen molar-refractivity contribution in [1.82, 2.24) is 4.98 Å². The Morgan fingerprint density at radius 1 is 1.08 bits per heavy atom. The summed E-state index contributed by atoms with van der Waals surface area (Å²) in [6.07, 6.45) is 3.02. The summed E-state index contributed by atoms with van der Waals surface area (Å²) in [5, 5.41) is 1.76. The second-order valence-corrected chi connectivity index (χ2v) is 6.73. The topological polar surface area (TPSA) is 63.4 Å². The fourth-order valence-electron chi connectivity index (χ4n) is 3.77. The van der Waals surface area contributed by atoms with Crippen LogP contribution in [0.1, 0.15) is 18.4 Å². The molecule has 1 aliphatic rings. The molecule has 0 spiro atoms. The third-order valence-corrected chi connectivity index (χ3v) is 5.09. The molecule has 0 radical (unpaired) electrons. The van der Waals surface area contributed by atoms with Gasteiger partial charge in [0.2, 0.25) is 11.3 Å². The van der Waals surface area contributed by atoms with E-state index in [4.69, 9.17) is 4.42 Å². The van der Waals surface area contributed by atoms with Crippen LogP contribution in [0.3, 0.4) is 0 Å². The Morgan fingerprint density at radius 2 is 1.92 bits per heavy atom. The molecule has 1 fully saturated rings. The van der Waals surface area contributed by atoms with Crippen molar-refractivity contribution >= 4 is 44.4 Å². The molecule has 0 N–H and O–H groups in total. The molecular weight excluding hydrogens is 328 g/mol. The van der Waals surface area contributed by atoms with Gasteiger partial charge in [0.1, 0.15) is 11.2 Å². The first kappa shape index (κ1) is 15.1. The number of anilines is 1. The molecule has 0 unspecified atom stereocenters. The Kier molecular flexibility index (Phi) is 3.13. The van der Waals surface area contributed by atoms with Crippen molar-refractivity contribution in [3.63, 3.8) is 0 Å². The maximum Gasteiger partial charge on any atom is 0.227 e. The van der Waals surface area contributed by atoms with Gasteiger partial charge < -0.3 is 9.32 Å². The number of para-hydroxylation sites is 1. The largest absolute Gasteiger partial charge is 0.455 e. The zero-order valence-electron chi connectivity index (χ0n) is 14.3. The highest BCUT2D eigenvalue weighted by molar-refractivity contribution is 6.07. The van der Waals surface area contributed by atoms with E-state index in [0.29, 0.717) is 28.4 Å². The number of carbonyl (C=O) groups excluding carboxylic acids is 1. The SMILES string of the molecule is Cc1cc2ncc3c(=O)c4ccccc4oc3c2cc1N1CCCC1=O. The summed E-state index contributed by atoms with van der Waals surface area (Å²) in [6.45, 7) is 2.69. The Hall–Kier alpha value is -3.21. The Bertz CT molecular complexity index is 1270. The van der Waals surface area contributed by atoms with Crippen molar-refractivity contribution in [1.29, 1.82) is 0 Å². The summed E-state index contributed by atoms with van der Waals surface area (Å²) in [5.74, 6) is 0.132. The predicted octanol–water partition coefficient (Wildman–Crippen LogP) is 3.93. The van der Waals surface area contributed by atoms with E-state index in [1.165, 1.54) is 0 Å². The van der Waals surface area contributed by atoms with Crippen LogP contribution >= 0.6 is 0 Å². The summed E-state index contributed by atoms with van der Waals surface area (Å²) in [4.78, 5) is 31.3. The summed E-state index contributed by atoms with van der Waals surface area (Å²) >= 11 is 0.